The zero-order chi connectivity index (χ0) is 13.1. The molecule has 1 rings (SSSR count). The first-order valence-electron chi connectivity index (χ1n) is 6.18. The predicted octanol–water partition coefficient (Wildman–Crippen LogP) is 4.04. The predicted molar refractivity (Wildman–Crippen MR) is 58.6 cm³/mol. The van der Waals surface area contributed by atoms with Gasteiger partial charge in [-0.1, -0.05) is 32.6 Å². The van der Waals surface area contributed by atoms with Crippen molar-refractivity contribution in [2.24, 2.45) is 0 Å². The minimum absolute atomic E-state index is 0.410. The summed E-state index contributed by atoms with van der Waals surface area (Å²) in [5.41, 5.74) is 0. The zero-order valence-corrected chi connectivity index (χ0v) is 10.6. The van der Waals surface area contributed by atoms with E-state index in [1.54, 1.807) is 0 Å². The smallest absolute Gasteiger partial charge is 0.344 e. The second-order valence-corrected chi connectivity index (χ2v) is 4.99. The van der Waals surface area contributed by atoms with Crippen molar-refractivity contribution in [1.82, 2.24) is 0 Å². The molecule has 0 spiro atoms. The second kappa shape index (κ2) is 5.57. The fraction of sp³-hybridized carbons (Fsp3) is 1.00. The Bertz CT molecular complexity index is 238. The SMILES string of the molecule is CCCCCCC1OC(C)(C)OC1C(F)(F)F. The van der Waals surface area contributed by atoms with Crippen molar-refractivity contribution < 1.29 is 22.6 Å². The van der Waals surface area contributed by atoms with Gasteiger partial charge in [-0.05, 0) is 20.3 Å². The third-order valence-electron chi connectivity index (χ3n) is 2.85. The van der Waals surface area contributed by atoms with Crippen LogP contribution in [0.3, 0.4) is 0 Å². The minimum Gasteiger partial charge on any atom is -0.344 e. The molecule has 0 N–H and O–H groups in total. The van der Waals surface area contributed by atoms with Gasteiger partial charge in [-0.15, -0.1) is 0 Å². The molecule has 0 aliphatic carbocycles. The highest BCUT2D eigenvalue weighted by Gasteiger charge is 2.54. The molecule has 1 saturated heterocycles. The average Bonchev–Trinajstić information content (AvgIpc) is 2.48. The van der Waals surface area contributed by atoms with Crippen molar-refractivity contribution >= 4 is 0 Å². The molecular formula is C12H21F3O2. The summed E-state index contributed by atoms with van der Waals surface area (Å²) in [5, 5.41) is 0. The molecule has 5 heteroatoms. The van der Waals surface area contributed by atoms with E-state index in [1.807, 2.05) is 0 Å². The summed E-state index contributed by atoms with van der Waals surface area (Å²) in [6.07, 6.45) is -2.76. The lowest BCUT2D eigenvalue weighted by Crippen LogP contribution is -2.37. The van der Waals surface area contributed by atoms with Gasteiger partial charge in [-0.3, -0.25) is 0 Å². The Labute approximate surface area is 100 Å². The van der Waals surface area contributed by atoms with E-state index in [0.717, 1.165) is 25.7 Å². The van der Waals surface area contributed by atoms with Gasteiger partial charge in [0.2, 0.25) is 0 Å². The monoisotopic (exact) mass is 254 g/mol. The van der Waals surface area contributed by atoms with Crippen LogP contribution in [0.1, 0.15) is 52.9 Å². The first-order chi connectivity index (χ1) is 7.76. The minimum atomic E-state index is -4.34. The summed E-state index contributed by atoms with van der Waals surface area (Å²) < 4.78 is 48.4. The lowest BCUT2D eigenvalue weighted by Gasteiger charge is -2.19. The van der Waals surface area contributed by atoms with Crippen molar-refractivity contribution in [1.29, 1.82) is 0 Å². The van der Waals surface area contributed by atoms with E-state index in [-0.39, 0.29) is 0 Å². The van der Waals surface area contributed by atoms with Crippen molar-refractivity contribution in [2.45, 2.75) is 77.0 Å². The Morgan fingerprint density at radius 2 is 1.71 bits per heavy atom. The largest absolute Gasteiger partial charge is 0.417 e. The molecule has 0 amide bonds. The average molecular weight is 254 g/mol. The van der Waals surface area contributed by atoms with Crippen LogP contribution >= 0.6 is 0 Å². The van der Waals surface area contributed by atoms with Gasteiger partial charge in [0, 0.05) is 0 Å². The van der Waals surface area contributed by atoms with Crippen LogP contribution in [0.2, 0.25) is 0 Å². The molecule has 2 atom stereocenters. The topological polar surface area (TPSA) is 18.5 Å². The van der Waals surface area contributed by atoms with Gasteiger partial charge in [0.05, 0.1) is 6.10 Å². The molecule has 17 heavy (non-hydrogen) atoms. The summed E-state index contributed by atoms with van der Waals surface area (Å²) in [7, 11) is 0. The molecule has 1 aliphatic heterocycles. The molecule has 0 aromatic heterocycles. The van der Waals surface area contributed by atoms with Gasteiger partial charge in [0.15, 0.2) is 11.9 Å². The molecule has 0 radical (unpaired) electrons. The van der Waals surface area contributed by atoms with Crippen molar-refractivity contribution in [3.05, 3.63) is 0 Å². The van der Waals surface area contributed by atoms with E-state index >= 15 is 0 Å². The zero-order valence-electron chi connectivity index (χ0n) is 10.6. The van der Waals surface area contributed by atoms with Crippen LogP contribution in [0.4, 0.5) is 13.2 Å². The van der Waals surface area contributed by atoms with Crippen LogP contribution < -0.4 is 0 Å². The van der Waals surface area contributed by atoms with E-state index < -0.39 is 24.2 Å². The number of alkyl halides is 3. The van der Waals surface area contributed by atoms with Gasteiger partial charge in [-0.25, -0.2) is 0 Å². The summed E-state index contributed by atoms with van der Waals surface area (Å²) >= 11 is 0. The number of hydrogen-bond acceptors (Lipinski definition) is 2. The van der Waals surface area contributed by atoms with Gasteiger partial charge in [0.1, 0.15) is 0 Å². The van der Waals surface area contributed by atoms with E-state index in [2.05, 4.69) is 6.92 Å². The van der Waals surface area contributed by atoms with Crippen molar-refractivity contribution in [3.63, 3.8) is 0 Å². The Morgan fingerprint density at radius 3 is 2.24 bits per heavy atom. The number of rotatable bonds is 5. The first-order valence-corrected chi connectivity index (χ1v) is 6.18. The Hall–Kier alpha value is -0.290. The molecular weight excluding hydrogens is 233 g/mol. The normalized spacial score (nSPS) is 28.6. The molecule has 0 aromatic rings. The van der Waals surface area contributed by atoms with Crippen molar-refractivity contribution in [2.75, 3.05) is 0 Å². The number of unbranched alkanes of at least 4 members (excludes halogenated alkanes) is 3. The molecule has 1 heterocycles. The van der Waals surface area contributed by atoms with Gasteiger partial charge in [0.25, 0.3) is 0 Å². The molecule has 1 aliphatic rings. The third kappa shape index (κ3) is 4.47. The first kappa shape index (κ1) is 14.8. The number of hydrogen-bond donors (Lipinski definition) is 0. The maximum Gasteiger partial charge on any atom is 0.417 e. The van der Waals surface area contributed by atoms with E-state index in [4.69, 9.17) is 9.47 Å². The highest BCUT2D eigenvalue weighted by molar-refractivity contribution is 4.86. The standard InChI is InChI=1S/C12H21F3O2/c1-4-5-6-7-8-9-10(12(13,14)15)17-11(2,3)16-9/h9-10H,4-8H2,1-3H3. The number of halogens is 3. The number of ether oxygens (including phenoxy) is 2. The Morgan fingerprint density at radius 1 is 1.06 bits per heavy atom. The molecule has 0 aromatic carbocycles. The fourth-order valence-corrected chi connectivity index (χ4v) is 2.10. The fourth-order valence-electron chi connectivity index (χ4n) is 2.10. The third-order valence-corrected chi connectivity index (χ3v) is 2.85. The highest BCUT2D eigenvalue weighted by Crippen LogP contribution is 2.39. The molecule has 102 valence electrons. The molecule has 2 nitrogen and oxygen atoms in total. The molecule has 0 saturated carbocycles. The highest BCUT2D eigenvalue weighted by atomic mass is 19.4. The van der Waals surface area contributed by atoms with Gasteiger partial charge in [-0.2, -0.15) is 13.2 Å². The lowest BCUT2D eigenvalue weighted by atomic mass is 10.1. The van der Waals surface area contributed by atoms with Crippen LogP contribution in [-0.4, -0.2) is 24.2 Å². The van der Waals surface area contributed by atoms with Crippen molar-refractivity contribution in [3.8, 4) is 0 Å². The van der Waals surface area contributed by atoms with Crippen LogP contribution in [0.25, 0.3) is 0 Å². The van der Waals surface area contributed by atoms with Crippen LogP contribution in [0.5, 0.6) is 0 Å². The Balaban J connectivity index is 2.50. The van der Waals surface area contributed by atoms with E-state index in [1.165, 1.54) is 13.8 Å². The van der Waals surface area contributed by atoms with Crippen LogP contribution in [-0.2, 0) is 9.47 Å². The van der Waals surface area contributed by atoms with E-state index in [9.17, 15) is 13.2 Å². The Kier molecular flexibility index (Phi) is 4.84. The van der Waals surface area contributed by atoms with E-state index in [0.29, 0.717) is 6.42 Å². The molecule has 0 bridgehead atoms. The maximum absolute atomic E-state index is 12.7. The summed E-state index contributed by atoms with van der Waals surface area (Å²) in [6.45, 7) is 5.12. The lowest BCUT2D eigenvalue weighted by molar-refractivity contribution is -0.233. The quantitative estimate of drug-likeness (QED) is 0.689. The molecule has 2 unspecified atom stereocenters. The maximum atomic E-state index is 12.7. The van der Waals surface area contributed by atoms with Crippen LogP contribution in [0.15, 0.2) is 0 Å². The summed E-state index contributed by atoms with van der Waals surface area (Å²) in [6, 6.07) is 0. The second-order valence-electron chi connectivity index (χ2n) is 4.99. The van der Waals surface area contributed by atoms with Crippen LogP contribution in [0, 0.1) is 0 Å². The summed E-state index contributed by atoms with van der Waals surface area (Å²) in [5.74, 6) is -1.13. The summed E-state index contributed by atoms with van der Waals surface area (Å²) in [4.78, 5) is 0. The van der Waals surface area contributed by atoms with Gasteiger partial charge >= 0.3 is 6.18 Å². The van der Waals surface area contributed by atoms with Gasteiger partial charge < -0.3 is 9.47 Å². The molecule has 1 fully saturated rings.